The van der Waals surface area contributed by atoms with Gasteiger partial charge in [-0.3, -0.25) is 4.90 Å². The Kier molecular flexibility index (Phi) is 3.20. The van der Waals surface area contributed by atoms with Crippen molar-refractivity contribution in [1.29, 1.82) is 5.41 Å². The number of fused-ring (bicyclic) bond motifs is 3. The Balaban J connectivity index is 1.82. The predicted octanol–water partition coefficient (Wildman–Crippen LogP) is 2.91. The molecule has 3 nitrogen and oxygen atoms in total. The third kappa shape index (κ3) is 1.94. The zero-order chi connectivity index (χ0) is 13.6. The maximum atomic E-state index is 7.64. The largest absolute Gasteiger partial charge is 0.402 e. The van der Waals surface area contributed by atoms with Gasteiger partial charge in [0.1, 0.15) is 0 Å². The van der Waals surface area contributed by atoms with E-state index in [1.165, 1.54) is 44.9 Å². The zero-order valence-electron chi connectivity index (χ0n) is 12.3. The Hall–Kier alpha value is -0.830. The number of rotatable bonds is 4. The fraction of sp³-hybridized carbons (Fsp3) is 0.812. The van der Waals surface area contributed by atoms with Gasteiger partial charge >= 0.3 is 0 Å². The van der Waals surface area contributed by atoms with Crippen LogP contribution in [0.5, 0.6) is 0 Å². The Labute approximate surface area is 116 Å². The molecule has 2 aliphatic heterocycles. The van der Waals surface area contributed by atoms with E-state index in [1.54, 1.807) is 0 Å². The second-order valence-corrected chi connectivity index (χ2v) is 7.16. The van der Waals surface area contributed by atoms with Crippen molar-refractivity contribution >= 4 is 6.21 Å². The van der Waals surface area contributed by atoms with E-state index < -0.39 is 0 Å². The summed E-state index contributed by atoms with van der Waals surface area (Å²) in [5, 5.41) is 7.64. The quantitative estimate of drug-likeness (QED) is 0.765. The van der Waals surface area contributed by atoms with Gasteiger partial charge in [-0.05, 0) is 50.1 Å². The van der Waals surface area contributed by atoms with Crippen LogP contribution in [0.25, 0.3) is 0 Å². The highest BCUT2D eigenvalue weighted by Crippen LogP contribution is 2.54. The van der Waals surface area contributed by atoms with E-state index in [0.29, 0.717) is 17.5 Å². The van der Waals surface area contributed by atoms with E-state index in [0.717, 1.165) is 23.6 Å². The molecular weight excluding hydrogens is 234 g/mol. The second kappa shape index (κ2) is 4.62. The molecule has 3 rings (SSSR count). The van der Waals surface area contributed by atoms with Crippen LogP contribution in [-0.4, -0.2) is 29.2 Å². The van der Waals surface area contributed by atoms with Gasteiger partial charge in [0.15, 0.2) is 0 Å². The molecule has 3 unspecified atom stereocenters. The van der Waals surface area contributed by atoms with Gasteiger partial charge in [0.05, 0.1) is 0 Å². The predicted molar refractivity (Wildman–Crippen MR) is 79.3 cm³/mol. The van der Waals surface area contributed by atoms with Gasteiger partial charge < -0.3 is 11.1 Å². The lowest BCUT2D eigenvalue weighted by atomic mass is 9.82. The molecule has 3 atom stereocenters. The average molecular weight is 261 g/mol. The summed E-state index contributed by atoms with van der Waals surface area (Å²) in [5.74, 6) is 1.34. The first-order chi connectivity index (χ1) is 9.07. The number of hydrogen-bond donors (Lipinski definition) is 2. The number of hydrogen-bond acceptors (Lipinski definition) is 3. The van der Waals surface area contributed by atoms with Crippen LogP contribution in [0.1, 0.15) is 52.4 Å². The summed E-state index contributed by atoms with van der Waals surface area (Å²) < 4.78 is 0. The summed E-state index contributed by atoms with van der Waals surface area (Å²) >= 11 is 0. The Morgan fingerprint density at radius 2 is 2.32 bits per heavy atom. The fourth-order valence-corrected chi connectivity index (χ4v) is 4.74. The van der Waals surface area contributed by atoms with Crippen molar-refractivity contribution in [2.24, 2.45) is 17.6 Å². The molecule has 1 aliphatic carbocycles. The third-order valence-electron chi connectivity index (χ3n) is 5.66. The zero-order valence-corrected chi connectivity index (χ0v) is 12.3. The molecule has 0 amide bonds. The Morgan fingerprint density at radius 1 is 1.53 bits per heavy atom. The Bertz CT molecular complexity index is 412. The molecule has 3 heteroatoms. The van der Waals surface area contributed by atoms with Gasteiger partial charge in [-0.25, -0.2) is 0 Å². The normalized spacial score (nSPS) is 38.1. The summed E-state index contributed by atoms with van der Waals surface area (Å²) in [4.78, 5) is 2.77. The van der Waals surface area contributed by atoms with Crippen molar-refractivity contribution in [3.63, 3.8) is 0 Å². The second-order valence-electron chi connectivity index (χ2n) is 7.16. The van der Waals surface area contributed by atoms with E-state index in [4.69, 9.17) is 11.1 Å². The molecule has 19 heavy (non-hydrogen) atoms. The molecule has 106 valence electrons. The van der Waals surface area contributed by atoms with Crippen LogP contribution in [0.4, 0.5) is 0 Å². The molecule has 0 aromatic heterocycles. The molecule has 3 aliphatic rings. The van der Waals surface area contributed by atoms with Gasteiger partial charge in [-0.1, -0.05) is 13.8 Å². The SMILES string of the molecule is CC(C)CCC12CCCN1C1CC(N)=C(C=N)C1C2. The molecular formula is C16H27N3. The summed E-state index contributed by atoms with van der Waals surface area (Å²) in [7, 11) is 0. The summed E-state index contributed by atoms with van der Waals surface area (Å²) in [6.45, 7) is 5.90. The molecule has 2 heterocycles. The van der Waals surface area contributed by atoms with Gasteiger partial charge in [0.2, 0.25) is 0 Å². The van der Waals surface area contributed by atoms with Gasteiger partial charge in [-0.2, -0.15) is 0 Å². The molecule has 2 saturated heterocycles. The summed E-state index contributed by atoms with van der Waals surface area (Å²) in [6, 6.07) is 0.603. The minimum absolute atomic E-state index is 0.439. The van der Waals surface area contributed by atoms with Crippen molar-refractivity contribution in [2.45, 2.75) is 64.0 Å². The molecule has 0 aromatic rings. The van der Waals surface area contributed by atoms with E-state index in [2.05, 4.69) is 18.7 Å². The fourth-order valence-electron chi connectivity index (χ4n) is 4.74. The number of nitrogens with two attached hydrogens (primary N) is 1. The molecule has 3 N–H and O–H groups in total. The smallest absolute Gasteiger partial charge is 0.0230 e. The van der Waals surface area contributed by atoms with Crippen molar-refractivity contribution < 1.29 is 0 Å². The monoisotopic (exact) mass is 261 g/mol. The average Bonchev–Trinajstić information content (AvgIpc) is 2.95. The van der Waals surface area contributed by atoms with Crippen molar-refractivity contribution in [3.8, 4) is 0 Å². The number of nitrogens with zero attached hydrogens (tertiary/aromatic N) is 1. The molecule has 0 aromatic carbocycles. The van der Waals surface area contributed by atoms with E-state index >= 15 is 0 Å². The highest BCUT2D eigenvalue weighted by molar-refractivity contribution is 5.79. The molecule has 2 fully saturated rings. The number of nitrogens with one attached hydrogen (secondary N) is 1. The first-order valence-corrected chi connectivity index (χ1v) is 7.83. The Morgan fingerprint density at radius 3 is 3.00 bits per heavy atom. The minimum atomic E-state index is 0.439. The third-order valence-corrected chi connectivity index (χ3v) is 5.66. The first-order valence-electron chi connectivity index (χ1n) is 7.83. The standard InChI is InChI=1S/C16H27N3/c1-11(2)4-6-16-5-3-7-19(16)15-8-14(18)13(10-17)12(15)9-16/h10-12,15,17H,3-9,18H2,1-2H3. The van der Waals surface area contributed by atoms with Crippen LogP contribution in [0.2, 0.25) is 0 Å². The molecule has 0 saturated carbocycles. The minimum Gasteiger partial charge on any atom is -0.402 e. The lowest BCUT2D eigenvalue weighted by molar-refractivity contribution is 0.133. The van der Waals surface area contributed by atoms with Crippen LogP contribution in [0.15, 0.2) is 11.3 Å². The van der Waals surface area contributed by atoms with E-state index in [-0.39, 0.29) is 0 Å². The van der Waals surface area contributed by atoms with Crippen LogP contribution in [0, 0.1) is 17.2 Å². The van der Waals surface area contributed by atoms with Gasteiger partial charge in [0.25, 0.3) is 0 Å². The van der Waals surface area contributed by atoms with Crippen LogP contribution >= 0.6 is 0 Å². The highest BCUT2D eigenvalue weighted by Gasteiger charge is 2.55. The first kappa shape index (κ1) is 13.2. The van der Waals surface area contributed by atoms with Crippen LogP contribution in [-0.2, 0) is 0 Å². The van der Waals surface area contributed by atoms with E-state index in [9.17, 15) is 0 Å². The van der Waals surface area contributed by atoms with Crippen LogP contribution < -0.4 is 5.73 Å². The molecule has 0 radical (unpaired) electrons. The summed E-state index contributed by atoms with van der Waals surface area (Å²) in [5.41, 5.74) is 8.69. The van der Waals surface area contributed by atoms with Crippen molar-refractivity contribution in [3.05, 3.63) is 11.3 Å². The van der Waals surface area contributed by atoms with Crippen molar-refractivity contribution in [1.82, 2.24) is 4.90 Å². The highest BCUT2D eigenvalue weighted by atomic mass is 15.3. The summed E-state index contributed by atoms with van der Waals surface area (Å²) in [6.07, 6.45) is 9.14. The lowest BCUT2D eigenvalue weighted by Gasteiger charge is -2.35. The van der Waals surface area contributed by atoms with Gasteiger partial charge in [-0.15, -0.1) is 0 Å². The van der Waals surface area contributed by atoms with Crippen LogP contribution in [0.3, 0.4) is 0 Å². The molecule has 0 spiro atoms. The molecule has 0 bridgehead atoms. The van der Waals surface area contributed by atoms with Gasteiger partial charge in [0, 0.05) is 35.8 Å². The maximum absolute atomic E-state index is 7.64. The lowest BCUT2D eigenvalue weighted by Crippen LogP contribution is -2.42. The van der Waals surface area contributed by atoms with Crippen molar-refractivity contribution in [2.75, 3.05) is 6.54 Å². The maximum Gasteiger partial charge on any atom is 0.0230 e. The van der Waals surface area contributed by atoms with E-state index in [1.807, 2.05) is 0 Å². The topological polar surface area (TPSA) is 53.1 Å².